The monoisotopic (exact) mass is 494 g/mol. The molecule has 0 unspecified atom stereocenters. The average Bonchev–Trinajstić information content (AvgIpc) is 2.88. The molecule has 0 aliphatic heterocycles. The van der Waals surface area contributed by atoms with Gasteiger partial charge in [-0.2, -0.15) is 0 Å². The van der Waals surface area contributed by atoms with E-state index in [9.17, 15) is 0 Å². The Hall–Kier alpha value is -1.74. The Morgan fingerprint density at radius 2 is 1.49 bits per heavy atom. The van der Waals surface area contributed by atoms with Gasteiger partial charge in [-0.25, -0.2) is 4.39 Å². The lowest BCUT2D eigenvalue weighted by Gasteiger charge is -2.28. The molecule has 1 fully saturated rings. The van der Waals surface area contributed by atoms with Crippen LogP contribution in [0.3, 0.4) is 0 Å². The molecule has 1 aliphatic carbocycles. The van der Waals surface area contributed by atoms with Crippen LogP contribution >= 0.6 is 12.2 Å². The minimum Gasteiger partial charge on any atom is -0.441 e. The van der Waals surface area contributed by atoms with Gasteiger partial charge < -0.3 is 4.42 Å². The van der Waals surface area contributed by atoms with Gasteiger partial charge in [-0.1, -0.05) is 95.9 Å². The van der Waals surface area contributed by atoms with Crippen LogP contribution in [0.25, 0.3) is 21.7 Å². The van der Waals surface area contributed by atoms with Crippen molar-refractivity contribution in [1.29, 1.82) is 0 Å². The first-order valence-corrected chi connectivity index (χ1v) is 14.7. The number of benzene rings is 2. The van der Waals surface area contributed by atoms with E-state index in [1.54, 1.807) is 0 Å². The lowest BCUT2D eigenvalue weighted by atomic mass is 9.77. The summed E-state index contributed by atoms with van der Waals surface area (Å²) in [7, 11) is 0. The normalized spacial score (nSPS) is 18.5. The van der Waals surface area contributed by atoms with Crippen molar-refractivity contribution in [3.63, 3.8) is 0 Å². The number of halogens is 1. The first kappa shape index (κ1) is 26.3. The van der Waals surface area contributed by atoms with E-state index >= 15 is 4.39 Å². The Kier molecular flexibility index (Phi) is 9.77. The molecule has 1 aromatic heterocycles. The molecule has 3 heteroatoms. The van der Waals surface area contributed by atoms with E-state index in [1.165, 1.54) is 82.6 Å². The van der Waals surface area contributed by atoms with Crippen molar-refractivity contribution in [2.45, 2.75) is 116 Å². The number of aryl methyl sites for hydroxylation is 1. The maximum Gasteiger partial charge on any atom is 0.198 e. The highest BCUT2D eigenvalue weighted by Gasteiger charge is 2.22. The number of fused-ring (bicyclic) bond motifs is 3. The Bertz CT molecular complexity index is 1160. The molecule has 4 rings (SSSR count). The first-order chi connectivity index (χ1) is 17.1. The Morgan fingerprint density at radius 1 is 0.800 bits per heavy atom. The molecule has 0 saturated heterocycles. The second kappa shape index (κ2) is 13.0. The van der Waals surface area contributed by atoms with Crippen LogP contribution in [0.1, 0.15) is 121 Å². The summed E-state index contributed by atoms with van der Waals surface area (Å²) in [4.78, 5) is 0. The summed E-state index contributed by atoms with van der Waals surface area (Å²) < 4.78 is 21.8. The van der Waals surface area contributed by atoms with Crippen LogP contribution in [0, 0.1) is 16.4 Å². The number of unbranched alkanes of at least 4 members (excludes halogenated alkanes) is 7. The van der Waals surface area contributed by atoms with E-state index in [4.69, 9.17) is 16.6 Å². The SMILES string of the molecule is CCCCCCCCCCc1ccc2c(oc(=S)c3cc(C4CCC(CCC)CC4)ccc32)c1F. The highest BCUT2D eigenvalue weighted by atomic mass is 32.1. The summed E-state index contributed by atoms with van der Waals surface area (Å²) in [6, 6.07) is 10.6. The first-order valence-electron chi connectivity index (χ1n) is 14.3. The molecule has 3 aromatic rings. The van der Waals surface area contributed by atoms with Gasteiger partial charge in [0.1, 0.15) is 0 Å². The lowest BCUT2D eigenvalue weighted by molar-refractivity contribution is 0.308. The minimum absolute atomic E-state index is 0.225. The van der Waals surface area contributed by atoms with Gasteiger partial charge in [-0.05, 0) is 85.2 Å². The van der Waals surface area contributed by atoms with Gasteiger partial charge in [0.15, 0.2) is 16.1 Å². The third-order valence-corrected chi connectivity index (χ3v) is 8.54. The molecule has 0 N–H and O–H groups in total. The van der Waals surface area contributed by atoms with Crippen molar-refractivity contribution in [1.82, 2.24) is 0 Å². The largest absolute Gasteiger partial charge is 0.441 e. The number of rotatable bonds is 12. The molecule has 1 aliphatic rings. The van der Waals surface area contributed by atoms with Gasteiger partial charge in [0.2, 0.25) is 0 Å². The molecule has 1 saturated carbocycles. The molecule has 1 nitrogen and oxygen atoms in total. The third kappa shape index (κ3) is 6.53. The molecule has 0 atom stereocenters. The molecular formula is C32H43FOS. The smallest absolute Gasteiger partial charge is 0.198 e. The zero-order valence-corrected chi connectivity index (χ0v) is 22.7. The fraction of sp³-hybridized carbons (Fsp3) is 0.594. The van der Waals surface area contributed by atoms with E-state index in [-0.39, 0.29) is 5.82 Å². The van der Waals surface area contributed by atoms with E-state index in [0.29, 0.717) is 16.2 Å². The lowest BCUT2D eigenvalue weighted by Crippen LogP contribution is -2.13. The number of hydrogen-bond donors (Lipinski definition) is 0. The molecule has 0 spiro atoms. The van der Waals surface area contributed by atoms with Gasteiger partial charge in [0, 0.05) is 10.8 Å². The highest BCUT2D eigenvalue weighted by Crippen LogP contribution is 2.39. The summed E-state index contributed by atoms with van der Waals surface area (Å²) in [5, 5.41) is 2.80. The average molecular weight is 495 g/mol. The summed E-state index contributed by atoms with van der Waals surface area (Å²) >= 11 is 5.63. The van der Waals surface area contributed by atoms with E-state index in [1.807, 2.05) is 12.1 Å². The van der Waals surface area contributed by atoms with Crippen LogP contribution in [0.2, 0.25) is 0 Å². The quantitative estimate of drug-likeness (QED) is 0.141. The standard InChI is InChI=1S/C32H43FOS/c1-3-5-6-7-8-9-10-11-13-25-18-21-28-27-20-19-26(24-16-14-23(12-4-2)15-17-24)22-29(27)32(35)34-31(28)30(25)33/h18-24H,3-17H2,1-2H3. The zero-order chi connectivity index (χ0) is 24.6. The number of hydrogen-bond acceptors (Lipinski definition) is 2. The van der Waals surface area contributed by atoms with E-state index < -0.39 is 0 Å². The molecular weight excluding hydrogens is 451 g/mol. The molecule has 190 valence electrons. The van der Waals surface area contributed by atoms with Crippen molar-refractivity contribution in [2.75, 3.05) is 0 Å². The molecule has 2 aromatic carbocycles. The van der Waals surface area contributed by atoms with Gasteiger partial charge in [-0.15, -0.1) is 0 Å². The van der Waals surface area contributed by atoms with Crippen LogP contribution < -0.4 is 0 Å². The van der Waals surface area contributed by atoms with Crippen molar-refractivity contribution >= 4 is 34.0 Å². The van der Waals surface area contributed by atoms with Gasteiger partial charge in [0.25, 0.3) is 0 Å². The van der Waals surface area contributed by atoms with Crippen LogP contribution in [-0.2, 0) is 6.42 Å². The van der Waals surface area contributed by atoms with Crippen molar-refractivity contribution in [3.8, 4) is 0 Å². The second-order valence-electron chi connectivity index (χ2n) is 10.8. The third-order valence-electron chi connectivity index (χ3n) is 8.24. The Morgan fingerprint density at radius 3 is 2.20 bits per heavy atom. The molecule has 35 heavy (non-hydrogen) atoms. The Balaban J connectivity index is 1.46. The highest BCUT2D eigenvalue weighted by molar-refractivity contribution is 7.71. The second-order valence-corrected chi connectivity index (χ2v) is 11.2. The fourth-order valence-electron chi connectivity index (χ4n) is 6.11. The van der Waals surface area contributed by atoms with Crippen LogP contribution in [-0.4, -0.2) is 0 Å². The maximum absolute atomic E-state index is 15.4. The molecule has 0 bridgehead atoms. The summed E-state index contributed by atoms with van der Waals surface area (Å²) in [6.07, 6.45) is 18.6. The molecule has 1 heterocycles. The van der Waals surface area contributed by atoms with Crippen molar-refractivity contribution in [2.24, 2.45) is 5.92 Å². The van der Waals surface area contributed by atoms with E-state index in [0.717, 1.165) is 46.9 Å². The minimum atomic E-state index is -0.225. The zero-order valence-electron chi connectivity index (χ0n) is 21.8. The summed E-state index contributed by atoms with van der Waals surface area (Å²) in [5.74, 6) is 1.27. The summed E-state index contributed by atoms with van der Waals surface area (Å²) in [5.41, 5.74) is 2.44. The maximum atomic E-state index is 15.4. The molecule has 0 amide bonds. The molecule has 0 radical (unpaired) electrons. The van der Waals surface area contributed by atoms with Crippen LogP contribution in [0.15, 0.2) is 34.7 Å². The van der Waals surface area contributed by atoms with Gasteiger partial charge >= 0.3 is 0 Å². The van der Waals surface area contributed by atoms with Crippen molar-refractivity contribution in [3.05, 3.63) is 52.0 Å². The van der Waals surface area contributed by atoms with Crippen LogP contribution in [0.5, 0.6) is 0 Å². The Labute approximate surface area is 216 Å². The van der Waals surface area contributed by atoms with E-state index in [2.05, 4.69) is 32.0 Å². The predicted octanol–water partition coefficient (Wildman–Crippen LogP) is 11.2. The van der Waals surface area contributed by atoms with Gasteiger partial charge in [-0.3, -0.25) is 0 Å². The van der Waals surface area contributed by atoms with Crippen molar-refractivity contribution < 1.29 is 8.81 Å². The fourth-order valence-corrected chi connectivity index (χ4v) is 6.36. The topological polar surface area (TPSA) is 13.1 Å². The predicted molar refractivity (Wildman–Crippen MR) is 150 cm³/mol. The summed E-state index contributed by atoms with van der Waals surface area (Å²) in [6.45, 7) is 4.54. The van der Waals surface area contributed by atoms with Crippen LogP contribution in [0.4, 0.5) is 4.39 Å². The van der Waals surface area contributed by atoms with Gasteiger partial charge in [0.05, 0.1) is 0 Å².